The maximum absolute atomic E-state index is 11.0. The topological polar surface area (TPSA) is 87.0 Å². The highest BCUT2D eigenvalue weighted by Crippen LogP contribution is 2.45. The Hall–Kier alpha value is -1.52. The summed E-state index contributed by atoms with van der Waals surface area (Å²) in [5.41, 5.74) is 4.07. The molecule has 1 atom stereocenters. The van der Waals surface area contributed by atoms with Crippen LogP contribution in [-0.2, 0) is 11.0 Å². The first-order chi connectivity index (χ1) is 12.2. The Morgan fingerprint density at radius 2 is 2.00 bits per heavy atom. The number of hydrogen-bond donors (Lipinski definition) is 3. The molecule has 1 aliphatic rings. The summed E-state index contributed by atoms with van der Waals surface area (Å²) in [5.74, 6) is 1.02. The third-order valence-electron chi connectivity index (χ3n) is 4.71. The van der Waals surface area contributed by atoms with Gasteiger partial charge in [-0.3, -0.25) is 4.57 Å². The molecule has 2 aromatic carbocycles. The Labute approximate surface area is 157 Å². The third kappa shape index (κ3) is 4.07. The van der Waals surface area contributed by atoms with E-state index < -0.39 is 13.9 Å². The first-order valence-corrected chi connectivity index (χ1v) is 10.7. The van der Waals surface area contributed by atoms with E-state index in [2.05, 4.69) is 0 Å². The van der Waals surface area contributed by atoms with Crippen LogP contribution in [0, 0.1) is 0 Å². The summed E-state index contributed by atoms with van der Waals surface area (Å²) in [5, 5.41) is 10.6. The molecule has 0 saturated heterocycles. The molecule has 0 spiro atoms. The Kier molecular flexibility index (Phi) is 5.36. The lowest BCUT2D eigenvalue weighted by molar-refractivity contribution is 0.300. The first-order valence-electron chi connectivity index (χ1n) is 8.48. The minimum atomic E-state index is -4.23. The van der Waals surface area contributed by atoms with Gasteiger partial charge in [0.05, 0.1) is 0 Å². The van der Waals surface area contributed by atoms with E-state index in [4.69, 9.17) is 26.1 Å². The molecule has 0 saturated carbocycles. The quantitative estimate of drug-likeness (QED) is 0.634. The molecule has 0 aliphatic heterocycles. The zero-order valence-electron chi connectivity index (χ0n) is 14.6. The molecule has 26 heavy (non-hydrogen) atoms. The summed E-state index contributed by atoms with van der Waals surface area (Å²) >= 11 is 6.48. The van der Waals surface area contributed by atoms with Gasteiger partial charge in [0.25, 0.3) is 0 Å². The molecular formula is C19H22ClO5P. The molecule has 3 rings (SSSR count). The van der Waals surface area contributed by atoms with Crippen molar-refractivity contribution >= 4 is 19.2 Å². The Balaban J connectivity index is 1.92. The second-order valence-electron chi connectivity index (χ2n) is 6.98. The number of aryl methyl sites for hydroxylation is 1. The molecular weight excluding hydrogens is 375 g/mol. The van der Waals surface area contributed by atoms with Gasteiger partial charge in [0, 0.05) is 10.9 Å². The van der Waals surface area contributed by atoms with E-state index in [1.54, 1.807) is 18.2 Å². The van der Waals surface area contributed by atoms with Crippen LogP contribution >= 0.6 is 19.2 Å². The SMILES string of the molecule is CC(C)c1cc(C2CCc3cc(OCP(=O)(O)O)cc(Cl)c32)ccc1O. The van der Waals surface area contributed by atoms with Gasteiger partial charge in [-0.25, -0.2) is 0 Å². The fraction of sp³-hybridized carbons (Fsp3) is 0.368. The number of benzene rings is 2. The van der Waals surface area contributed by atoms with Gasteiger partial charge >= 0.3 is 7.60 Å². The van der Waals surface area contributed by atoms with E-state index in [0.717, 1.165) is 35.1 Å². The maximum Gasteiger partial charge on any atom is 0.362 e. The Morgan fingerprint density at radius 1 is 1.27 bits per heavy atom. The van der Waals surface area contributed by atoms with Gasteiger partial charge in [-0.2, -0.15) is 0 Å². The number of aromatic hydroxyl groups is 1. The molecule has 140 valence electrons. The number of rotatable bonds is 5. The van der Waals surface area contributed by atoms with Gasteiger partial charge in [0.1, 0.15) is 11.5 Å². The lowest BCUT2D eigenvalue weighted by atomic mass is 9.89. The van der Waals surface area contributed by atoms with Gasteiger partial charge in [-0.15, -0.1) is 0 Å². The highest BCUT2D eigenvalue weighted by molar-refractivity contribution is 7.51. The Morgan fingerprint density at radius 3 is 2.65 bits per heavy atom. The number of fused-ring (bicyclic) bond motifs is 1. The molecule has 3 N–H and O–H groups in total. The predicted octanol–water partition coefficient (Wildman–Crippen LogP) is 4.76. The normalized spacial score (nSPS) is 16.8. The molecule has 2 aromatic rings. The van der Waals surface area contributed by atoms with Crippen LogP contribution in [0.3, 0.4) is 0 Å². The molecule has 7 heteroatoms. The van der Waals surface area contributed by atoms with E-state index in [9.17, 15) is 9.67 Å². The fourth-order valence-corrected chi connectivity index (χ4v) is 4.19. The first kappa shape index (κ1) is 19.2. The summed E-state index contributed by atoms with van der Waals surface area (Å²) in [7, 11) is -4.23. The number of phenolic OH excluding ortho intramolecular Hbond substituents is 1. The Bertz CT molecular complexity index is 874. The monoisotopic (exact) mass is 396 g/mol. The summed E-state index contributed by atoms with van der Waals surface area (Å²) in [6.45, 7) is 4.08. The number of halogens is 1. The van der Waals surface area contributed by atoms with Crippen LogP contribution < -0.4 is 4.74 Å². The van der Waals surface area contributed by atoms with Crippen molar-refractivity contribution in [3.63, 3.8) is 0 Å². The van der Waals surface area contributed by atoms with Crippen molar-refractivity contribution in [1.82, 2.24) is 0 Å². The zero-order chi connectivity index (χ0) is 19.1. The molecule has 5 nitrogen and oxygen atoms in total. The van der Waals surface area contributed by atoms with E-state index in [0.29, 0.717) is 16.5 Å². The van der Waals surface area contributed by atoms with E-state index in [-0.39, 0.29) is 11.8 Å². The molecule has 0 aromatic heterocycles. The molecule has 0 bridgehead atoms. The van der Waals surface area contributed by atoms with Crippen LogP contribution in [0.15, 0.2) is 30.3 Å². The van der Waals surface area contributed by atoms with Crippen LogP contribution in [0.2, 0.25) is 5.02 Å². The summed E-state index contributed by atoms with van der Waals surface area (Å²) in [4.78, 5) is 17.9. The maximum atomic E-state index is 11.0. The average Bonchev–Trinajstić information content (AvgIpc) is 2.97. The van der Waals surface area contributed by atoms with Crippen molar-refractivity contribution in [1.29, 1.82) is 0 Å². The summed E-state index contributed by atoms with van der Waals surface area (Å²) in [6.07, 6.45) is 1.03. The van der Waals surface area contributed by atoms with Crippen molar-refractivity contribution in [3.8, 4) is 11.5 Å². The van der Waals surface area contributed by atoms with Crippen LogP contribution in [0.1, 0.15) is 54.4 Å². The predicted molar refractivity (Wildman–Crippen MR) is 101 cm³/mol. The summed E-state index contributed by atoms with van der Waals surface area (Å²) < 4.78 is 16.2. The minimum Gasteiger partial charge on any atom is -0.508 e. The van der Waals surface area contributed by atoms with Crippen molar-refractivity contribution in [2.24, 2.45) is 0 Å². The van der Waals surface area contributed by atoms with E-state index in [1.165, 1.54) is 0 Å². The largest absolute Gasteiger partial charge is 0.508 e. The molecule has 0 heterocycles. The molecule has 0 amide bonds. The van der Waals surface area contributed by atoms with Crippen LogP contribution in [0.5, 0.6) is 11.5 Å². The minimum absolute atomic E-state index is 0.131. The van der Waals surface area contributed by atoms with Crippen molar-refractivity contribution in [2.75, 3.05) is 6.35 Å². The van der Waals surface area contributed by atoms with Crippen LogP contribution in [0.4, 0.5) is 0 Å². The number of hydrogen-bond acceptors (Lipinski definition) is 3. The van der Waals surface area contributed by atoms with E-state index >= 15 is 0 Å². The highest BCUT2D eigenvalue weighted by atomic mass is 35.5. The van der Waals surface area contributed by atoms with Crippen molar-refractivity contribution in [2.45, 2.75) is 38.5 Å². The van der Waals surface area contributed by atoms with Gasteiger partial charge in [0.15, 0.2) is 6.35 Å². The number of ether oxygens (including phenoxy) is 1. The standard InChI is InChI=1S/C19H22ClO5P/c1-11(2)16-8-12(4-6-18(16)21)15-5-3-13-7-14(9-17(20)19(13)15)25-10-26(22,23)24/h4,6-9,11,15,21H,3,5,10H2,1-2H3,(H2,22,23,24). The highest BCUT2D eigenvalue weighted by Gasteiger charge is 2.28. The fourth-order valence-electron chi connectivity index (χ4n) is 3.52. The van der Waals surface area contributed by atoms with Gasteiger partial charge in [-0.05, 0) is 59.2 Å². The van der Waals surface area contributed by atoms with Gasteiger partial charge in [0.2, 0.25) is 0 Å². The van der Waals surface area contributed by atoms with Gasteiger partial charge < -0.3 is 19.6 Å². The second-order valence-corrected chi connectivity index (χ2v) is 8.97. The number of phenols is 1. The van der Waals surface area contributed by atoms with E-state index in [1.807, 2.05) is 26.0 Å². The zero-order valence-corrected chi connectivity index (χ0v) is 16.3. The van der Waals surface area contributed by atoms with Crippen molar-refractivity contribution < 1.29 is 24.2 Å². The average molecular weight is 397 g/mol. The lowest BCUT2D eigenvalue weighted by Gasteiger charge is -2.18. The molecule has 1 unspecified atom stereocenters. The molecule has 0 radical (unpaired) electrons. The van der Waals surface area contributed by atoms with Crippen LogP contribution in [0.25, 0.3) is 0 Å². The smallest absolute Gasteiger partial charge is 0.362 e. The molecule has 0 fully saturated rings. The second kappa shape index (κ2) is 7.24. The van der Waals surface area contributed by atoms with Crippen LogP contribution in [-0.4, -0.2) is 21.2 Å². The third-order valence-corrected chi connectivity index (χ3v) is 5.49. The van der Waals surface area contributed by atoms with Crippen molar-refractivity contribution in [3.05, 3.63) is 57.6 Å². The van der Waals surface area contributed by atoms with Gasteiger partial charge in [-0.1, -0.05) is 37.6 Å². The molecule has 1 aliphatic carbocycles. The summed E-state index contributed by atoms with van der Waals surface area (Å²) in [6, 6.07) is 9.11. The lowest BCUT2D eigenvalue weighted by Crippen LogP contribution is -2.01.